The molecule has 1 aliphatic rings. The second kappa shape index (κ2) is 9.27. The first-order chi connectivity index (χ1) is 17.1. The van der Waals surface area contributed by atoms with E-state index in [4.69, 9.17) is 19.9 Å². The minimum absolute atomic E-state index is 0.0496. The van der Waals surface area contributed by atoms with E-state index in [0.717, 1.165) is 33.7 Å². The number of nitrogens with two attached hydrogens (primary N) is 1. The van der Waals surface area contributed by atoms with E-state index in [1.807, 2.05) is 60.7 Å². The molecule has 3 aromatic carbocycles. The van der Waals surface area contributed by atoms with Crippen LogP contribution in [0.3, 0.4) is 0 Å². The Bertz CT molecular complexity index is 1450. The average molecular weight is 465 g/mol. The third-order valence-corrected chi connectivity index (χ3v) is 6.17. The number of aromatic nitrogens is 2. The number of allylic oxidation sites excluding steroid dienone is 1. The Labute approximate surface area is 203 Å². The van der Waals surface area contributed by atoms with E-state index in [1.54, 1.807) is 7.11 Å². The summed E-state index contributed by atoms with van der Waals surface area (Å²) in [5.41, 5.74) is 12.0. The number of fused-ring (bicyclic) bond motifs is 1. The molecule has 0 bridgehead atoms. The number of methoxy groups -OCH3 is 1. The summed E-state index contributed by atoms with van der Waals surface area (Å²) in [4.78, 5) is 0. The summed E-state index contributed by atoms with van der Waals surface area (Å²) >= 11 is 0. The molecular weight excluding hydrogens is 440 g/mol. The lowest BCUT2D eigenvalue weighted by atomic mass is 9.83. The molecule has 2 heterocycles. The molecule has 0 fully saturated rings. The zero-order chi connectivity index (χ0) is 24.4. The quantitative estimate of drug-likeness (QED) is 0.407. The number of benzene rings is 3. The van der Waals surface area contributed by atoms with Gasteiger partial charge in [-0.3, -0.25) is 5.10 Å². The number of nitrogens with zero attached hydrogens (tertiary/aromatic N) is 2. The topological polar surface area (TPSA) is 106 Å². The number of H-pyrrole nitrogens is 1. The fourth-order valence-electron chi connectivity index (χ4n) is 4.27. The summed E-state index contributed by atoms with van der Waals surface area (Å²) in [6.07, 6.45) is 0. The molecule has 0 spiro atoms. The number of ether oxygens (including phenoxy) is 3. The van der Waals surface area contributed by atoms with Gasteiger partial charge in [-0.1, -0.05) is 48.5 Å². The molecule has 0 saturated carbocycles. The van der Waals surface area contributed by atoms with Crippen molar-refractivity contribution in [2.24, 2.45) is 5.73 Å². The van der Waals surface area contributed by atoms with Crippen LogP contribution in [0.2, 0.25) is 0 Å². The summed E-state index contributed by atoms with van der Waals surface area (Å²) in [6, 6.07) is 25.7. The number of nitrogens with one attached hydrogen (secondary N) is 1. The first kappa shape index (κ1) is 22.1. The van der Waals surface area contributed by atoms with Gasteiger partial charge in [-0.2, -0.15) is 5.26 Å². The molecule has 0 amide bonds. The SMILES string of the molecule is COc1cccc(-c2[nH]nc3c2[C@H](c2ccc(OCc4ccccc4C)cc2)C(C#N)=C(N)O3)c1. The first-order valence-electron chi connectivity index (χ1n) is 11.2. The van der Waals surface area contributed by atoms with Gasteiger partial charge >= 0.3 is 0 Å². The van der Waals surface area contributed by atoms with E-state index >= 15 is 0 Å². The first-order valence-corrected chi connectivity index (χ1v) is 11.2. The molecule has 0 saturated heterocycles. The van der Waals surface area contributed by atoms with Crippen molar-refractivity contribution in [1.82, 2.24) is 10.2 Å². The van der Waals surface area contributed by atoms with Gasteiger partial charge in [-0.25, -0.2) is 0 Å². The fourth-order valence-corrected chi connectivity index (χ4v) is 4.27. The molecule has 1 atom stereocenters. The van der Waals surface area contributed by atoms with Crippen LogP contribution in [0.25, 0.3) is 11.3 Å². The van der Waals surface area contributed by atoms with Gasteiger partial charge in [0, 0.05) is 5.56 Å². The molecule has 3 N–H and O–H groups in total. The number of rotatable bonds is 6. The normalized spacial score (nSPS) is 14.6. The Morgan fingerprint density at radius 2 is 1.86 bits per heavy atom. The highest BCUT2D eigenvalue weighted by Gasteiger charge is 2.35. The standard InChI is InChI=1S/C28H24N4O3/c1-17-6-3-4-7-20(17)16-34-21-12-10-18(11-13-21)24-23(15-29)27(30)35-28-25(24)26(31-32-28)19-8-5-9-22(14-19)33-2/h3-14,24H,16,30H2,1-2H3,(H,31,32)/t24-/m1/s1. The van der Waals surface area contributed by atoms with Gasteiger partial charge in [0.05, 0.1) is 24.3 Å². The highest BCUT2D eigenvalue weighted by atomic mass is 16.5. The van der Waals surface area contributed by atoms with Crippen molar-refractivity contribution in [2.75, 3.05) is 7.11 Å². The molecule has 7 heteroatoms. The van der Waals surface area contributed by atoms with Crippen molar-refractivity contribution in [3.05, 3.63) is 107 Å². The largest absolute Gasteiger partial charge is 0.497 e. The summed E-state index contributed by atoms with van der Waals surface area (Å²) < 4.78 is 17.1. The van der Waals surface area contributed by atoms with Gasteiger partial charge in [0.15, 0.2) is 0 Å². The van der Waals surface area contributed by atoms with Gasteiger partial charge < -0.3 is 19.9 Å². The molecule has 0 radical (unpaired) electrons. The van der Waals surface area contributed by atoms with Gasteiger partial charge in [0.25, 0.3) is 0 Å². The third-order valence-electron chi connectivity index (χ3n) is 6.17. The Morgan fingerprint density at radius 1 is 1.06 bits per heavy atom. The molecular formula is C28H24N4O3. The molecule has 4 aromatic rings. The van der Waals surface area contributed by atoms with Crippen LogP contribution < -0.4 is 19.9 Å². The number of aromatic amines is 1. The van der Waals surface area contributed by atoms with Crippen molar-refractivity contribution in [3.63, 3.8) is 0 Å². The zero-order valence-corrected chi connectivity index (χ0v) is 19.4. The number of hydrogen-bond donors (Lipinski definition) is 2. The summed E-state index contributed by atoms with van der Waals surface area (Å²) in [7, 11) is 1.62. The van der Waals surface area contributed by atoms with E-state index < -0.39 is 5.92 Å². The Morgan fingerprint density at radius 3 is 2.60 bits per heavy atom. The second-order valence-corrected chi connectivity index (χ2v) is 8.26. The Balaban J connectivity index is 1.50. The lowest BCUT2D eigenvalue weighted by molar-refractivity contribution is 0.305. The number of nitriles is 1. The molecule has 0 unspecified atom stereocenters. The van der Waals surface area contributed by atoms with E-state index in [-0.39, 0.29) is 5.88 Å². The molecule has 1 aromatic heterocycles. The lowest BCUT2D eigenvalue weighted by Crippen LogP contribution is -2.21. The van der Waals surface area contributed by atoms with Gasteiger partial charge in [0.1, 0.15) is 29.7 Å². The lowest BCUT2D eigenvalue weighted by Gasteiger charge is -2.24. The van der Waals surface area contributed by atoms with Crippen LogP contribution in [-0.4, -0.2) is 17.3 Å². The van der Waals surface area contributed by atoms with Crippen LogP contribution in [0.5, 0.6) is 17.4 Å². The van der Waals surface area contributed by atoms with E-state index in [1.165, 1.54) is 5.56 Å². The number of aryl methyl sites for hydroxylation is 1. The highest BCUT2D eigenvalue weighted by Crippen LogP contribution is 2.46. The minimum Gasteiger partial charge on any atom is -0.497 e. The van der Waals surface area contributed by atoms with Crippen LogP contribution in [0.1, 0.15) is 28.2 Å². The molecule has 0 aliphatic carbocycles. The predicted octanol–water partition coefficient (Wildman–Crippen LogP) is 5.19. The predicted molar refractivity (Wildman–Crippen MR) is 132 cm³/mol. The fraction of sp³-hybridized carbons (Fsp3) is 0.143. The maximum Gasteiger partial charge on any atom is 0.244 e. The Hall–Kier alpha value is -4.70. The van der Waals surface area contributed by atoms with E-state index in [0.29, 0.717) is 23.8 Å². The Kier molecular flexibility index (Phi) is 5.86. The van der Waals surface area contributed by atoms with Crippen molar-refractivity contribution in [2.45, 2.75) is 19.4 Å². The average Bonchev–Trinajstić information content (AvgIpc) is 3.31. The van der Waals surface area contributed by atoms with Crippen LogP contribution in [0.4, 0.5) is 0 Å². The van der Waals surface area contributed by atoms with Crippen LogP contribution >= 0.6 is 0 Å². The summed E-state index contributed by atoms with van der Waals surface area (Å²) in [5, 5.41) is 17.3. The maximum atomic E-state index is 9.95. The molecule has 1 aliphatic heterocycles. The van der Waals surface area contributed by atoms with Crippen molar-refractivity contribution >= 4 is 0 Å². The van der Waals surface area contributed by atoms with E-state index in [9.17, 15) is 5.26 Å². The second-order valence-electron chi connectivity index (χ2n) is 8.26. The zero-order valence-electron chi connectivity index (χ0n) is 19.4. The van der Waals surface area contributed by atoms with E-state index in [2.05, 4.69) is 35.3 Å². The van der Waals surface area contributed by atoms with Crippen molar-refractivity contribution < 1.29 is 14.2 Å². The molecule has 5 rings (SSSR count). The summed E-state index contributed by atoms with van der Waals surface area (Å²) in [6.45, 7) is 2.54. The smallest absolute Gasteiger partial charge is 0.244 e. The molecule has 35 heavy (non-hydrogen) atoms. The van der Waals surface area contributed by atoms with Crippen molar-refractivity contribution in [1.29, 1.82) is 5.26 Å². The van der Waals surface area contributed by atoms with Crippen LogP contribution in [0.15, 0.2) is 84.3 Å². The third kappa shape index (κ3) is 4.18. The van der Waals surface area contributed by atoms with Gasteiger partial charge in [-0.05, 0) is 47.9 Å². The minimum atomic E-state index is -0.450. The summed E-state index contributed by atoms with van der Waals surface area (Å²) in [5.74, 6) is 1.40. The maximum absolute atomic E-state index is 9.95. The van der Waals surface area contributed by atoms with Gasteiger partial charge in [0.2, 0.25) is 11.8 Å². The molecule has 174 valence electrons. The van der Waals surface area contributed by atoms with Crippen molar-refractivity contribution in [3.8, 4) is 34.7 Å². The van der Waals surface area contributed by atoms with Crippen LogP contribution in [0, 0.1) is 18.3 Å². The van der Waals surface area contributed by atoms with Crippen LogP contribution in [-0.2, 0) is 6.61 Å². The number of hydrogen-bond acceptors (Lipinski definition) is 6. The molecule has 7 nitrogen and oxygen atoms in total. The van der Waals surface area contributed by atoms with Gasteiger partial charge in [-0.15, -0.1) is 5.10 Å². The highest BCUT2D eigenvalue weighted by molar-refractivity contribution is 5.71. The monoisotopic (exact) mass is 464 g/mol.